The molecule has 0 fully saturated rings. The minimum absolute atomic E-state index is 0.240. The van der Waals surface area contributed by atoms with Crippen molar-refractivity contribution in [2.24, 2.45) is 0 Å². The molecule has 0 aliphatic carbocycles. The maximum atomic E-state index is 12.4. The first-order chi connectivity index (χ1) is 8.74. The van der Waals surface area contributed by atoms with E-state index in [0.717, 1.165) is 5.56 Å². The molecule has 0 bridgehead atoms. The van der Waals surface area contributed by atoms with E-state index in [0.29, 0.717) is 5.56 Å². The van der Waals surface area contributed by atoms with E-state index in [9.17, 15) is 18.3 Å². The van der Waals surface area contributed by atoms with E-state index < -0.39 is 24.9 Å². The van der Waals surface area contributed by atoms with Crippen LogP contribution < -0.4 is 0 Å². The van der Waals surface area contributed by atoms with Gasteiger partial charge in [-0.05, 0) is 26.0 Å². The molecule has 1 aromatic carbocycles. The Morgan fingerprint density at radius 2 is 1.74 bits per heavy atom. The van der Waals surface area contributed by atoms with Crippen LogP contribution in [0.1, 0.15) is 31.1 Å². The molecule has 108 valence electrons. The molecule has 1 aromatic rings. The summed E-state index contributed by atoms with van der Waals surface area (Å²) in [5, 5.41) is 10.2. The number of rotatable bonds is 5. The lowest BCUT2D eigenvalue weighted by Gasteiger charge is -2.32. The van der Waals surface area contributed by atoms with Gasteiger partial charge in [-0.1, -0.05) is 36.8 Å². The van der Waals surface area contributed by atoms with Crippen LogP contribution in [0.5, 0.6) is 0 Å². The second kappa shape index (κ2) is 6.39. The van der Waals surface area contributed by atoms with Gasteiger partial charge in [-0.3, -0.25) is 4.90 Å². The summed E-state index contributed by atoms with van der Waals surface area (Å²) < 4.78 is 37.3. The van der Waals surface area contributed by atoms with Gasteiger partial charge in [-0.2, -0.15) is 13.2 Å². The molecule has 0 heterocycles. The zero-order valence-corrected chi connectivity index (χ0v) is 11.4. The van der Waals surface area contributed by atoms with Crippen molar-refractivity contribution in [3.63, 3.8) is 0 Å². The Morgan fingerprint density at radius 3 is 2.16 bits per heavy atom. The molecule has 0 spiro atoms. The van der Waals surface area contributed by atoms with Crippen molar-refractivity contribution in [1.82, 2.24) is 4.90 Å². The van der Waals surface area contributed by atoms with Gasteiger partial charge in [-0.25, -0.2) is 0 Å². The summed E-state index contributed by atoms with van der Waals surface area (Å²) in [7, 11) is 0. The summed E-state index contributed by atoms with van der Waals surface area (Å²) in [6, 6.07) is 6.58. The van der Waals surface area contributed by atoms with Crippen LogP contribution in [-0.4, -0.2) is 35.3 Å². The van der Waals surface area contributed by atoms with Crippen LogP contribution in [0.4, 0.5) is 13.2 Å². The fourth-order valence-corrected chi connectivity index (χ4v) is 2.02. The first kappa shape index (κ1) is 16.0. The number of aliphatic hydroxyl groups is 1. The number of benzene rings is 1. The molecule has 5 heteroatoms. The summed E-state index contributed by atoms with van der Waals surface area (Å²) in [4.78, 5) is 1.23. The molecule has 0 aliphatic heterocycles. The van der Waals surface area contributed by atoms with Gasteiger partial charge in [-0.15, -0.1) is 0 Å². The quantitative estimate of drug-likeness (QED) is 0.891. The summed E-state index contributed by atoms with van der Waals surface area (Å²) in [6.45, 7) is 4.42. The van der Waals surface area contributed by atoms with Crippen LogP contribution in [0.2, 0.25) is 0 Å². The first-order valence-corrected chi connectivity index (χ1v) is 6.30. The van der Waals surface area contributed by atoms with E-state index in [1.54, 1.807) is 26.0 Å². The average molecular weight is 275 g/mol. The van der Waals surface area contributed by atoms with Crippen LogP contribution in [0, 0.1) is 6.92 Å². The van der Waals surface area contributed by atoms with Gasteiger partial charge in [0.15, 0.2) is 0 Å². The van der Waals surface area contributed by atoms with Crippen molar-refractivity contribution < 1.29 is 18.3 Å². The van der Waals surface area contributed by atoms with Crippen molar-refractivity contribution in [3.05, 3.63) is 35.4 Å². The maximum Gasteiger partial charge on any atom is 0.401 e. The summed E-state index contributed by atoms with van der Waals surface area (Å²) in [5.74, 6) is 0. The van der Waals surface area contributed by atoms with E-state index in [1.807, 2.05) is 19.1 Å². The fraction of sp³-hybridized carbons (Fsp3) is 0.571. The van der Waals surface area contributed by atoms with Gasteiger partial charge in [0.25, 0.3) is 0 Å². The van der Waals surface area contributed by atoms with E-state index >= 15 is 0 Å². The average Bonchev–Trinajstić information content (AvgIpc) is 2.34. The molecule has 0 aliphatic rings. The Bertz CT molecular complexity index is 389. The van der Waals surface area contributed by atoms with Crippen molar-refractivity contribution in [2.45, 2.75) is 39.1 Å². The number of hydrogen-bond acceptors (Lipinski definition) is 2. The molecule has 0 amide bonds. The Morgan fingerprint density at radius 1 is 1.21 bits per heavy atom. The van der Waals surface area contributed by atoms with Crippen LogP contribution in [0.3, 0.4) is 0 Å². The largest absolute Gasteiger partial charge is 0.401 e. The molecular formula is C14H20F3NO. The van der Waals surface area contributed by atoms with Crippen LogP contribution >= 0.6 is 0 Å². The summed E-state index contributed by atoms with van der Waals surface area (Å²) in [5.41, 5.74) is 1.69. The molecule has 0 radical (unpaired) electrons. The third kappa shape index (κ3) is 4.84. The standard InChI is InChI=1S/C14H20F3NO/c1-4-18(9-14(15,16)17)11(3)13(19)12-7-5-10(2)6-8-12/h5-8,11,13,19H,4,9H2,1-3H3. The van der Waals surface area contributed by atoms with E-state index in [1.165, 1.54) is 4.90 Å². The fourth-order valence-electron chi connectivity index (χ4n) is 2.02. The number of hydrogen-bond donors (Lipinski definition) is 1. The Labute approximate surface area is 111 Å². The second-order valence-corrected chi connectivity index (χ2v) is 4.77. The molecule has 1 N–H and O–H groups in total. The highest BCUT2D eigenvalue weighted by Gasteiger charge is 2.34. The molecule has 0 aromatic heterocycles. The zero-order chi connectivity index (χ0) is 14.6. The third-order valence-electron chi connectivity index (χ3n) is 3.24. The monoisotopic (exact) mass is 275 g/mol. The lowest BCUT2D eigenvalue weighted by molar-refractivity contribution is -0.154. The number of alkyl halides is 3. The van der Waals surface area contributed by atoms with E-state index in [4.69, 9.17) is 0 Å². The van der Waals surface area contributed by atoms with Gasteiger partial charge >= 0.3 is 6.18 Å². The lowest BCUT2D eigenvalue weighted by Crippen LogP contribution is -2.43. The zero-order valence-electron chi connectivity index (χ0n) is 11.4. The summed E-state index contributed by atoms with van der Waals surface area (Å²) >= 11 is 0. The number of halogens is 3. The lowest BCUT2D eigenvalue weighted by atomic mass is 10.0. The highest BCUT2D eigenvalue weighted by atomic mass is 19.4. The van der Waals surface area contributed by atoms with Gasteiger partial charge in [0, 0.05) is 6.04 Å². The number of aryl methyl sites for hydroxylation is 1. The van der Waals surface area contributed by atoms with E-state index in [-0.39, 0.29) is 6.54 Å². The minimum atomic E-state index is -4.25. The van der Waals surface area contributed by atoms with Crippen LogP contribution in [0.25, 0.3) is 0 Å². The highest BCUT2D eigenvalue weighted by molar-refractivity contribution is 5.24. The smallest absolute Gasteiger partial charge is 0.387 e. The number of nitrogens with zero attached hydrogens (tertiary/aromatic N) is 1. The maximum absolute atomic E-state index is 12.4. The molecule has 1 rings (SSSR count). The Hall–Kier alpha value is -1.07. The van der Waals surface area contributed by atoms with Crippen LogP contribution in [-0.2, 0) is 0 Å². The minimum Gasteiger partial charge on any atom is -0.387 e. The SMILES string of the molecule is CCN(CC(F)(F)F)C(C)C(O)c1ccc(C)cc1. The van der Waals surface area contributed by atoms with Crippen LogP contribution in [0.15, 0.2) is 24.3 Å². The number of aliphatic hydroxyl groups excluding tert-OH is 1. The van der Waals surface area contributed by atoms with Crippen molar-refractivity contribution >= 4 is 0 Å². The van der Waals surface area contributed by atoms with E-state index in [2.05, 4.69) is 0 Å². The Balaban J connectivity index is 2.79. The molecule has 0 saturated heterocycles. The Kier molecular flexibility index (Phi) is 5.38. The van der Waals surface area contributed by atoms with Gasteiger partial charge in [0.1, 0.15) is 0 Å². The highest BCUT2D eigenvalue weighted by Crippen LogP contribution is 2.24. The predicted molar refractivity (Wildman–Crippen MR) is 68.9 cm³/mol. The molecule has 0 saturated carbocycles. The molecule has 2 atom stereocenters. The number of likely N-dealkylation sites (N-methyl/N-ethyl adjacent to an activating group) is 1. The first-order valence-electron chi connectivity index (χ1n) is 6.30. The summed E-state index contributed by atoms with van der Waals surface area (Å²) in [6.07, 6.45) is -5.18. The van der Waals surface area contributed by atoms with Crippen molar-refractivity contribution in [1.29, 1.82) is 0 Å². The van der Waals surface area contributed by atoms with Gasteiger partial charge in [0.2, 0.25) is 0 Å². The molecule has 19 heavy (non-hydrogen) atoms. The third-order valence-corrected chi connectivity index (χ3v) is 3.24. The van der Waals surface area contributed by atoms with Crippen molar-refractivity contribution in [2.75, 3.05) is 13.1 Å². The molecular weight excluding hydrogens is 255 g/mol. The van der Waals surface area contributed by atoms with Crippen molar-refractivity contribution in [3.8, 4) is 0 Å². The second-order valence-electron chi connectivity index (χ2n) is 4.77. The molecule has 2 nitrogen and oxygen atoms in total. The van der Waals surface area contributed by atoms with Gasteiger partial charge in [0.05, 0.1) is 12.6 Å². The predicted octanol–water partition coefficient (Wildman–Crippen LogP) is 3.30. The molecule has 2 unspecified atom stereocenters. The normalized spacial score (nSPS) is 15.6. The van der Waals surface area contributed by atoms with Gasteiger partial charge < -0.3 is 5.11 Å². The topological polar surface area (TPSA) is 23.5 Å².